The van der Waals surface area contributed by atoms with Crippen molar-refractivity contribution in [1.29, 1.82) is 0 Å². The molecule has 0 N–H and O–H groups in total. The normalized spacial score (nSPS) is 11.9. The second-order valence-corrected chi connectivity index (χ2v) is 14.0. The summed E-state index contributed by atoms with van der Waals surface area (Å²) >= 11 is 0. The van der Waals surface area contributed by atoms with Gasteiger partial charge >= 0.3 is 0 Å². The van der Waals surface area contributed by atoms with Gasteiger partial charge in [-0.15, -0.1) is 0 Å². The summed E-state index contributed by atoms with van der Waals surface area (Å²) in [5.41, 5.74) is 17.1. The number of benzene rings is 6. The van der Waals surface area contributed by atoms with Gasteiger partial charge in [-0.2, -0.15) is 0 Å². The van der Waals surface area contributed by atoms with E-state index in [0.717, 1.165) is 6.42 Å². The Hall–Kier alpha value is -4.68. The van der Waals surface area contributed by atoms with E-state index in [0.29, 0.717) is 0 Å². The molecule has 0 aliphatic rings. The van der Waals surface area contributed by atoms with Gasteiger partial charge in [0.1, 0.15) is 0 Å². The molecule has 0 saturated heterocycles. The van der Waals surface area contributed by atoms with Gasteiger partial charge in [0.05, 0.1) is 0 Å². The first-order valence-corrected chi connectivity index (χ1v) is 16.6. The Bertz CT molecular complexity index is 1920. The smallest absolute Gasteiger partial charge is 0.0152 e. The van der Waals surface area contributed by atoms with Crippen LogP contribution in [0.25, 0.3) is 22.3 Å². The van der Waals surface area contributed by atoms with Crippen LogP contribution in [0.1, 0.15) is 77.8 Å². The molecule has 0 unspecified atom stereocenters. The number of hydrogen-bond acceptors (Lipinski definition) is 0. The Morgan fingerprint density at radius 2 is 0.804 bits per heavy atom. The molecular weight excluding hydrogens is 553 g/mol. The molecule has 0 aromatic heterocycles. The average Bonchev–Trinajstić information content (AvgIpc) is 3.06. The van der Waals surface area contributed by atoms with E-state index in [1.807, 2.05) is 0 Å². The summed E-state index contributed by atoms with van der Waals surface area (Å²) in [4.78, 5) is 0. The van der Waals surface area contributed by atoms with Crippen molar-refractivity contribution in [1.82, 2.24) is 0 Å². The first-order valence-electron chi connectivity index (χ1n) is 16.6. The summed E-state index contributed by atoms with van der Waals surface area (Å²) in [6.07, 6.45) is 0.872. The summed E-state index contributed by atoms with van der Waals surface area (Å²) in [6.45, 7) is 16.3. The van der Waals surface area contributed by atoms with Crippen molar-refractivity contribution < 1.29 is 0 Å². The average molecular weight is 599 g/mol. The third-order valence-corrected chi connectivity index (χ3v) is 10.0. The van der Waals surface area contributed by atoms with Gasteiger partial charge in [-0.3, -0.25) is 0 Å². The van der Waals surface area contributed by atoms with Crippen molar-refractivity contribution >= 4 is 0 Å². The summed E-state index contributed by atoms with van der Waals surface area (Å²) in [5.74, 6) is 0. The fourth-order valence-electron chi connectivity index (χ4n) is 7.62. The zero-order chi connectivity index (χ0) is 32.5. The minimum absolute atomic E-state index is 0.0823. The van der Waals surface area contributed by atoms with Crippen molar-refractivity contribution in [2.45, 2.75) is 65.7 Å². The van der Waals surface area contributed by atoms with Crippen LogP contribution in [0, 0.1) is 20.8 Å². The molecule has 0 bridgehead atoms. The zero-order valence-electron chi connectivity index (χ0n) is 28.5. The summed E-state index contributed by atoms with van der Waals surface area (Å²) in [6, 6.07) is 51.4. The third kappa shape index (κ3) is 6.10. The van der Waals surface area contributed by atoms with Crippen molar-refractivity contribution in [3.8, 4) is 22.3 Å². The topological polar surface area (TPSA) is 0 Å². The Morgan fingerprint density at radius 1 is 0.370 bits per heavy atom. The van der Waals surface area contributed by atoms with E-state index in [9.17, 15) is 0 Å². The van der Waals surface area contributed by atoms with E-state index in [2.05, 4.69) is 188 Å². The van der Waals surface area contributed by atoms with E-state index < -0.39 is 0 Å². The Kier molecular flexibility index (Phi) is 8.58. The highest BCUT2D eigenvalue weighted by Crippen LogP contribution is 2.42. The van der Waals surface area contributed by atoms with E-state index in [1.165, 1.54) is 72.3 Å². The van der Waals surface area contributed by atoms with Crippen LogP contribution >= 0.6 is 0 Å². The molecule has 0 aliphatic carbocycles. The number of aryl methyl sites for hydroxylation is 3. The van der Waals surface area contributed by atoms with Gasteiger partial charge < -0.3 is 0 Å². The van der Waals surface area contributed by atoms with E-state index in [4.69, 9.17) is 0 Å². The highest BCUT2D eigenvalue weighted by molar-refractivity contribution is 5.74. The van der Waals surface area contributed by atoms with Gasteiger partial charge in [0.2, 0.25) is 0 Å². The van der Waals surface area contributed by atoms with Crippen LogP contribution in [0.15, 0.2) is 140 Å². The fraction of sp³-hybridized carbons (Fsp3) is 0.217. The first-order chi connectivity index (χ1) is 22.1. The predicted molar refractivity (Wildman–Crippen MR) is 198 cm³/mol. The highest BCUT2D eigenvalue weighted by Gasteiger charge is 2.31. The van der Waals surface area contributed by atoms with E-state index in [-0.39, 0.29) is 10.8 Å². The molecule has 0 atom stereocenters. The van der Waals surface area contributed by atoms with Crippen LogP contribution in [0.5, 0.6) is 0 Å². The number of hydrogen-bond donors (Lipinski definition) is 0. The lowest BCUT2D eigenvalue weighted by Crippen LogP contribution is -2.25. The Morgan fingerprint density at radius 3 is 1.33 bits per heavy atom. The fourth-order valence-corrected chi connectivity index (χ4v) is 7.62. The summed E-state index contributed by atoms with van der Waals surface area (Å²) in [5, 5.41) is 0. The van der Waals surface area contributed by atoms with Crippen molar-refractivity contribution in [3.63, 3.8) is 0 Å². The maximum atomic E-state index is 2.46. The molecule has 0 heterocycles. The SMILES string of the molecule is Cc1ccccc1C(C)(C)c1cc(C)c(C(C)(C)c2ccccc2Cc2cc(-c3ccccc3)cc(-c3ccccc3)c2)cc1C. The molecule has 0 spiro atoms. The van der Waals surface area contributed by atoms with Gasteiger partial charge in [-0.05, 0) is 106 Å². The standard InChI is InChI=1S/C46H46/c1-32-18-14-16-24-41(32)45(4,5)43-26-34(3)44(27-33(43)2)46(6,7)42-25-17-15-23-38(42)28-35-29-39(36-19-10-8-11-20-36)31-40(30-35)37-21-12-9-13-22-37/h8-27,29-31H,28H2,1-7H3. The molecule has 0 saturated carbocycles. The second-order valence-electron chi connectivity index (χ2n) is 14.0. The molecule has 46 heavy (non-hydrogen) atoms. The molecule has 0 fully saturated rings. The van der Waals surface area contributed by atoms with Crippen LogP contribution in [-0.2, 0) is 17.3 Å². The van der Waals surface area contributed by atoms with E-state index >= 15 is 0 Å². The van der Waals surface area contributed by atoms with Gasteiger partial charge in [0.25, 0.3) is 0 Å². The molecule has 230 valence electrons. The van der Waals surface area contributed by atoms with Crippen molar-refractivity contribution in [2.24, 2.45) is 0 Å². The molecule has 6 aromatic carbocycles. The van der Waals surface area contributed by atoms with Gasteiger partial charge in [0.15, 0.2) is 0 Å². The van der Waals surface area contributed by atoms with Crippen LogP contribution in [-0.4, -0.2) is 0 Å². The molecule has 6 aromatic rings. The number of rotatable bonds is 8. The quantitative estimate of drug-likeness (QED) is 0.163. The van der Waals surface area contributed by atoms with Crippen LogP contribution < -0.4 is 0 Å². The van der Waals surface area contributed by atoms with Crippen molar-refractivity contribution in [2.75, 3.05) is 0 Å². The maximum Gasteiger partial charge on any atom is 0.0152 e. The van der Waals surface area contributed by atoms with Crippen LogP contribution in [0.4, 0.5) is 0 Å². The van der Waals surface area contributed by atoms with Crippen LogP contribution in [0.2, 0.25) is 0 Å². The third-order valence-electron chi connectivity index (χ3n) is 10.0. The molecular formula is C46H46. The van der Waals surface area contributed by atoms with Gasteiger partial charge in [-0.25, -0.2) is 0 Å². The lowest BCUT2D eigenvalue weighted by atomic mass is 9.69. The van der Waals surface area contributed by atoms with Gasteiger partial charge in [0, 0.05) is 10.8 Å². The van der Waals surface area contributed by atoms with E-state index in [1.54, 1.807) is 0 Å². The molecule has 0 radical (unpaired) electrons. The minimum atomic E-state index is -0.171. The lowest BCUT2D eigenvalue weighted by molar-refractivity contribution is 0.612. The Balaban J connectivity index is 1.41. The van der Waals surface area contributed by atoms with Crippen molar-refractivity contribution in [3.05, 3.63) is 190 Å². The second kappa shape index (κ2) is 12.6. The van der Waals surface area contributed by atoms with Gasteiger partial charge in [-0.1, -0.05) is 161 Å². The molecule has 0 aliphatic heterocycles. The monoisotopic (exact) mass is 598 g/mol. The zero-order valence-corrected chi connectivity index (χ0v) is 28.5. The summed E-state index contributed by atoms with van der Waals surface area (Å²) in [7, 11) is 0. The largest absolute Gasteiger partial charge is 0.0622 e. The lowest BCUT2D eigenvalue weighted by Gasteiger charge is -2.34. The summed E-state index contributed by atoms with van der Waals surface area (Å²) < 4.78 is 0. The van der Waals surface area contributed by atoms with Crippen LogP contribution in [0.3, 0.4) is 0 Å². The maximum absolute atomic E-state index is 2.46. The molecule has 0 nitrogen and oxygen atoms in total. The Labute approximate surface area is 276 Å². The molecule has 0 heteroatoms. The first kappa shape index (κ1) is 31.3. The molecule has 6 rings (SSSR count). The highest BCUT2D eigenvalue weighted by atomic mass is 14.3. The molecule has 0 amide bonds. The minimum Gasteiger partial charge on any atom is -0.0622 e. The predicted octanol–water partition coefficient (Wildman–Crippen LogP) is 12.2.